The van der Waals surface area contributed by atoms with Crippen molar-refractivity contribution >= 4 is 28.8 Å². The van der Waals surface area contributed by atoms with Gasteiger partial charge in [0, 0.05) is 24.4 Å². The quantitative estimate of drug-likeness (QED) is 0.560. The lowest BCUT2D eigenvalue weighted by atomic mass is 10.1. The number of amides is 2. The molecular weight excluding hydrogens is 416 g/mol. The van der Waals surface area contributed by atoms with Gasteiger partial charge in [0.1, 0.15) is 12.4 Å². The van der Waals surface area contributed by atoms with Crippen LogP contribution in [0.5, 0.6) is 5.75 Å². The van der Waals surface area contributed by atoms with Crippen LogP contribution in [0.15, 0.2) is 54.6 Å². The standard InChI is InChI=1S/C22H22N4O4S/c27-20(23-13-18-10-5-11-29-18)15-6-4-7-16(12-15)24-21(28)22-26-25-19(31-22)14-30-17-8-2-1-3-9-17/h1-4,6-9,12,18H,5,10-11,13-14H2,(H,23,27)(H,24,28). The summed E-state index contributed by atoms with van der Waals surface area (Å²) in [6.45, 7) is 1.46. The lowest BCUT2D eigenvalue weighted by molar-refractivity contribution is 0.0857. The van der Waals surface area contributed by atoms with Gasteiger partial charge in [-0.15, -0.1) is 10.2 Å². The van der Waals surface area contributed by atoms with E-state index in [0.717, 1.165) is 36.5 Å². The van der Waals surface area contributed by atoms with E-state index in [1.54, 1.807) is 24.3 Å². The molecule has 3 aromatic rings. The minimum absolute atomic E-state index is 0.0734. The number of aromatic nitrogens is 2. The molecule has 1 saturated heterocycles. The van der Waals surface area contributed by atoms with Gasteiger partial charge < -0.3 is 20.1 Å². The molecule has 8 nitrogen and oxygen atoms in total. The number of carbonyl (C=O) groups excluding carboxylic acids is 2. The third kappa shape index (κ3) is 5.87. The molecule has 0 aliphatic carbocycles. The lowest BCUT2D eigenvalue weighted by Crippen LogP contribution is -2.31. The minimum atomic E-state index is -0.389. The van der Waals surface area contributed by atoms with Crippen LogP contribution in [-0.4, -0.2) is 41.3 Å². The maximum atomic E-state index is 12.5. The Morgan fingerprint density at radius 2 is 1.97 bits per heavy atom. The van der Waals surface area contributed by atoms with Crippen LogP contribution in [-0.2, 0) is 11.3 Å². The summed E-state index contributed by atoms with van der Waals surface area (Å²) in [7, 11) is 0. The second-order valence-corrected chi connectivity index (χ2v) is 8.04. The lowest BCUT2D eigenvalue weighted by Gasteiger charge is -2.11. The largest absolute Gasteiger partial charge is 0.486 e. The monoisotopic (exact) mass is 438 g/mol. The van der Waals surface area contributed by atoms with Crippen LogP contribution in [0.25, 0.3) is 0 Å². The van der Waals surface area contributed by atoms with E-state index >= 15 is 0 Å². The average Bonchev–Trinajstić information content (AvgIpc) is 3.49. The summed E-state index contributed by atoms with van der Waals surface area (Å²) in [4.78, 5) is 24.9. The Kier molecular flexibility index (Phi) is 6.85. The van der Waals surface area contributed by atoms with Crippen LogP contribution in [0.4, 0.5) is 5.69 Å². The fourth-order valence-electron chi connectivity index (χ4n) is 3.10. The second-order valence-electron chi connectivity index (χ2n) is 6.98. The molecule has 1 unspecified atom stereocenters. The number of nitrogens with zero attached hydrogens (tertiary/aromatic N) is 2. The van der Waals surface area contributed by atoms with Gasteiger partial charge in [-0.3, -0.25) is 9.59 Å². The van der Waals surface area contributed by atoms with Gasteiger partial charge in [0.25, 0.3) is 11.8 Å². The molecule has 1 aromatic heterocycles. The Balaban J connectivity index is 1.31. The predicted molar refractivity (Wildman–Crippen MR) is 116 cm³/mol. The van der Waals surface area contributed by atoms with Crippen molar-refractivity contribution in [3.05, 3.63) is 70.2 Å². The summed E-state index contributed by atoms with van der Waals surface area (Å²) >= 11 is 1.16. The van der Waals surface area contributed by atoms with Crippen LogP contribution in [0.3, 0.4) is 0 Å². The molecular formula is C22H22N4O4S. The molecule has 4 rings (SSSR count). The first kappa shape index (κ1) is 21.0. The van der Waals surface area contributed by atoms with Crippen molar-refractivity contribution in [2.45, 2.75) is 25.6 Å². The second kappa shape index (κ2) is 10.1. The summed E-state index contributed by atoms with van der Waals surface area (Å²) in [6.07, 6.45) is 2.05. The molecule has 0 radical (unpaired) electrons. The number of rotatable bonds is 8. The van der Waals surface area contributed by atoms with E-state index in [2.05, 4.69) is 20.8 Å². The number of hydrogen-bond donors (Lipinski definition) is 2. The van der Waals surface area contributed by atoms with Gasteiger partial charge in [-0.2, -0.15) is 0 Å². The van der Waals surface area contributed by atoms with Gasteiger partial charge in [0.05, 0.1) is 6.10 Å². The van der Waals surface area contributed by atoms with E-state index in [4.69, 9.17) is 9.47 Å². The molecule has 0 saturated carbocycles. The van der Waals surface area contributed by atoms with E-state index < -0.39 is 0 Å². The first-order valence-corrected chi connectivity index (χ1v) is 10.8. The van der Waals surface area contributed by atoms with Crippen LogP contribution in [0.2, 0.25) is 0 Å². The van der Waals surface area contributed by atoms with Crippen molar-refractivity contribution < 1.29 is 19.1 Å². The van der Waals surface area contributed by atoms with Gasteiger partial charge in [-0.05, 0) is 43.2 Å². The zero-order chi connectivity index (χ0) is 21.5. The number of anilines is 1. The van der Waals surface area contributed by atoms with Crippen molar-refractivity contribution in [3.8, 4) is 5.75 Å². The van der Waals surface area contributed by atoms with Crippen molar-refractivity contribution in [3.63, 3.8) is 0 Å². The Bertz CT molecular complexity index is 1030. The number of hydrogen-bond acceptors (Lipinski definition) is 7. The van der Waals surface area contributed by atoms with E-state index in [-0.39, 0.29) is 29.5 Å². The highest BCUT2D eigenvalue weighted by Crippen LogP contribution is 2.17. The third-order valence-electron chi connectivity index (χ3n) is 4.66. The first-order chi connectivity index (χ1) is 15.2. The smallest absolute Gasteiger partial charge is 0.286 e. The number of benzene rings is 2. The molecule has 9 heteroatoms. The van der Waals surface area contributed by atoms with Crippen molar-refractivity contribution in [2.75, 3.05) is 18.5 Å². The van der Waals surface area contributed by atoms with Crippen LogP contribution in [0.1, 0.15) is 38.0 Å². The van der Waals surface area contributed by atoms with E-state index in [1.807, 2.05) is 30.3 Å². The Hall–Kier alpha value is -3.30. The average molecular weight is 439 g/mol. The van der Waals surface area contributed by atoms with Gasteiger partial charge in [0.15, 0.2) is 5.01 Å². The number of ether oxygens (including phenoxy) is 2. The van der Waals surface area contributed by atoms with E-state index in [0.29, 0.717) is 22.8 Å². The van der Waals surface area contributed by atoms with Crippen molar-refractivity contribution in [1.82, 2.24) is 15.5 Å². The summed E-state index contributed by atoms with van der Waals surface area (Å²) in [5.74, 6) is 0.126. The Labute approximate surface area is 183 Å². The van der Waals surface area contributed by atoms with E-state index in [1.165, 1.54) is 0 Å². The van der Waals surface area contributed by atoms with E-state index in [9.17, 15) is 9.59 Å². The molecule has 2 N–H and O–H groups in total. The minimum Gasteiger partial charge on any atom is -0.486 e. The zero-order valence-electron chi connectivity index (χ0n) is 16.7. The molecule has 1 fully saturated rings. The first-order valence-electron chi connectivity index (χ1n) is 9.99. The van der Waals surface area contributed by atoms with Crippen LogP contribution >= 0.6 is 11.3 Å². The predicted octanol–water partition coefficient (Wildman–Crippen LogP) is 3.28. The molecule has 2 amide bonds. The normalized spacial score (nSPS) is 15.4. The fourth-order valence-corrected chi connectivity index (χ4v) is 3.75. The molecule has 1 aliphatic heterocycles. The highest BCUT2D eigenvalue weighted by molar-refractivity contribution is 7.13. The molecule has 1 aliphatic rings. The van der Waals surface area contributed by atoms with Gasteiger partial charge >= 0.3 is 0 Å². The van der Waals surface area contributed by atoms with Crippen molar-refractivity contribution in [2.24, 2.45) is 0 Å². The number of carbonyl (C=O) groups is 2. The molecule has 31 heavy (non-hydrogen) atoms. The highest BCUT2D eigenvalue weighted by atomic mass is 32.1. The Morgan fingerprint density at radius 1 is 1.10 bits per heavy atom. The van der Waals surface area contributed by atoms with Crippen molar-refractivity contribution in [1.29, 1.82) is 0 Å². The summed E-state index contributed by atoms with van der Waals surface area (Å²) in [6, 6.07) is 16.1. The number of para-hydroxylation sites is 1. The highest BCUT2D eigenvalue weighted by Gasteiger charge is 2.17. The summed E-state index contributed by atoms with van der Waals surface area (Å²) in [5.41, 5.74) is 0.970. The maximum absolute atomic E-state index is 12.5. The summed E-state index contributed by atoms with van der Waals surface area (Å²) < 4.78 is 11.1. The third-order valence-corrected chi connectivity index (χ3v) is 5.56. The molecule has 2 heterocycles. The number of nitrogens with one attached hydrogen (secondary N) is 2. The zero-order valence-corrected chi connectivity index (χ0v) is 17.6. The molecule has 0 spiro atoms. The molecule has 2 aromatic carbocycles. The van der Waals surface area contributed by atoms with Gasteiger partial charge in [0.2, 0.25) is 5.01 Å². The topological polar surface area (TPSA) is 102 Å². The van der Waals surface area contributed by atoms with Gasteiger partial charge in [-0.1, -0.05) is 35.6 Å². The molecule has 1 atom stereocenters. The maximum Gasteiger partial charge on any atom is 0.286 e. The van der Waals surface area contributed by atoms with Crippen LogP contribution < -0.4 is 15.4 Å². The van der Waals surface area contributed by atoms with Gasteiger partial charge in [-0.25, -0.2) is 0 Å². The molecule has 160 valence electrons. The SMILES string of the molecule is O=C(NCC1CCCO1)c1cccc(NC(=O)c2nnc(COc3ccccc3)s2)c1. The van der Waals surface area contributed by atoms with Crippen LogP contribution in [0, 0.1) is 0 Å². The summed E-state index contributed by atoms with van der Waals surface area (Å²) in [5, 5.41) is 14.4. The Morgan fingerprint density at radius 3 is 2.77 bits per heavy atom. The molecule has 0 bridgehead atoms. The fraction of sp³-hybridized carbons (Fsp3) is 0.273.